The van der Waals surface area contributed by atoms with Crippen LogP contribution in [0.4, 0.5) is 19.0 Å². The van der Waals surface area contributed by atoms with Crippen LogP contribution in [0.1, 0.15) is 47.8 Å². The summed E-state index contributed by atoms with van der Waals surface area (Å²) in [6.07, 6.45) is -5.73. The largest absolute Gasteiger partial charge is 0.496 e. The molecule has 0 unspecified atom stereocenters. The number of fused-ring (bicyclic) bond motifs is 1. The number of amides is 1. The third-order valence-corrected chi connectivity index (χ3v) is 7.80. The average Bonchev–Trinajstić information content (AvgIpc) is 3.37. The van der Waals surface area contributed by atoms with Gasteiger partial charge in [0, 0.05) is 13.1 Å². The molecule has 0 spiro atoms. The van der Waals surface area contributed by atoms with Gasteiger partial charge in [-0.15, -0.1) is 5.10 Å². The quantitative estimate of drug-likeness (QED) is 0.450. The number of hydrogen-bond acceptors (Lipinski definition) is 8. The highest BCUT2D eigenvalue weighted by Gasteiger charge is 2.34. The van der Waals surface area contributed by atoms with E-state index >= 15 is 0 Å². The molecule has 0 aliphatic carbocycles. The van der Waals surface area contributed by atoms with Crippen LogP contribution in [0.3, 0.4) is 0 Å². The molecule has 38 heavy (non-hydrogen) atoms. The van der Waals surface area contributed by atoms with Gasteiger partial charge in [0.25, 0.3) is 5.91 Å². The molecule has 1 aliphatic rings. The normalized spacial score (nSPS) is 14.4. The number of carbonyl (C=O) groups is 1. The van der Waals surface area contributed by atoms with Gasteiger partial charge in [0.05, 0.1) is 30.9 Å². The van der Waals surface area contributed by atoms with Crippen molar-refractivity contribution in [3.8, 4) is 17.3 Å². The van der Waals surface area contributed by atoms with E-state index < -0.39 is 34.3 Å². The van der Waals surface area contributed by atoms with Crippen LogP contribution in [0.5, 0.6) is 5.75 Å². The number of nitrogens with zero attached hydrogens (tertiary/aromatic N) is 6. The zero-order valence-corrected chi connectivity index (χ0v) is 21.7. The minimum Gasteiger partial charge on any atom is -0.496 e. The van der Waals surface area contributed by atoms with Crippen molar-refractivity contribution in [2.75, 3.05) is 24.7 Å². The van der Waals surface area contributed by atoms with Gasteiger partial charge in [0.15, 0.2) is 0 Å². The van der Waals surface area contributed by atoms with Gasteiger partial charge in [-0.05, 0) is 66.1 Å². The molecule has 0 fully saturated rings. The number of methoxy groups -OCH3 is 1. The van der Waals surface area contributed by atoms with Gasteiger partial charge in [-0.2, -0.15) is 17.5 Å². The number of tetrazole rings is 1. The second-order valence-electron chi connectivity index (χ2n) is 8.99. The highest BCUT2D eigenvalue weighted by atomic mass is 32.2. The van der Waals surface area contributed by atoms with Crippen LogP contribution in [0.2, 0.25) is 0 Å². The maximum atomic E-state index is 13.2. The monoisotopic (exact) mass is 553 g/mol. The van der Waals surface area contributed by atoms with Crippen LogP contribution in [0, 0.1) is 0 Å². The lowest BCUT2D eigenvalue weighted by Gasteiger charge is -2.29. The number of ether oxygens (including phenoxy) is 1. The number of rotatable bonds is 8. The summed E-state index contributed by atoms with van der Waals surface area (Å²) >= 11 is 0. The second kappa shape index (κ2) is 10.6. The Bertz CT molecular complexity index is 1440. The van der Waals surface area contributed by atoms with Crippen molar-refractivity contribution in [3.05, 3.63) is 47.0 Å². The number of anilines is 1. The van der Waals surface area contributed by atoms with Crippen molar-refractivity contribution in [1.29, 1.82) is 0 Å². The first-order chi connectivity index (χ1) is 17.9. The SMILES string of the molecule is COc1cc2c(cc1C(=O)Nc1cccc(-c3nnnn3C(C)C)n1)CN(S(=O)(=O)CCC(F)(F)F)CC2. The first-order valence-electron chi connectivity index (χ1n) is 11.7. The fourth-order valence-corrected chi connectivity index (χ4v) is 5.49. The molecular formula is C23H26F3N7O4S. The molecule has 0 saturated heterocycles. The Labute approximate surface area is 217 Å². The molecule has 15 heteroatoms. The highest BCUT2D eigenvalue weighted by molar-refractivity contribution is 7.89. The van der Waals surface area contributed by atoms with Gasteiger partial charge in [-0.3, -0.25) is 4.79 Å². The van der Waals surface area contributed by atoms with E-state index in [9.17, 15) is 26.4 Å². The van der Waals surface area contributed by atoms with Gasteiger partial charge in [0.2, 0.25) is 15.8 Å². The summed E-state index contributed by atoms with van der Waals surface area (Å²) in [7, 11) is -2.74. The zero-order valence-electron chi connectivity index (χ0n) is 20.9. The van der Waals surface area contributed by atoms with Crippen molar-refractivity contribution in [2.45, 2.75) is 45.5 Å². The van der Waals surface area contributed by atoms with Gasteiger partial charge in [-0.25, -0.2) is 18.1 Å². The lowest BCUT2D eigenvalue weighted by molar-refractivity contribution is -0.130. The standard InChI is InChI=1S/C23H26F3N7O4S/c1-14(2)33-21(29-30-31-33)18-5-4-6-20(27-18)28-22(34)17-11-16-13-32(9-7-15(16)12-19(17)37-3)38(35,36)10-8-23(24,25)26/h4-6,11-12,14H,7-10,13H2,1-3H3,(H,27,28,34). The van der Waals surface area contributed by atoms with Gasteiger partial charge >= 0.3 is 6.18 Å². The Hall–Kier alpha value is -3.59. The van der Waals surface area contributed by atoms with Gasteiger partial charge in [0.1, 0.15) is 17.3 Å². The fourth-order valence-electron chi connectivity index (χ4n) is 4.04. The summed E-state index contributed by atoms with van der Waals surface area (Å²) in [4.78, 5) is 17.6. The molecule has 1 N–H and O–H groups in total. The number of aromatic nitrogens is 5. The Balaban J connectivity index is 1.57. The van der Waals surface area contributed by atoms with Crippen molar-refractivity contribution < 1.29 is 31.1 Å². The van der Waals surface area contributed by atoms with Gasteiger partial charge in [-0.1, -0.05) is 6.07 Å². The van der Waals surface area contributed by atoms with Crippen LogP contribution in [0.15, 0.2) is 30.3 Å². The lowest BCUT2D eigenvalue weighted by atomic mass is 9.97. The number of alkyl halides is 3. The van der Waals surface area contributed by atoms with E-state index in [1.54, 1.807) is 28.9 Å². The molecule has 11 nitrogen and oxygen atoms in total. The summed E-state index contributed by atoms with van der Waals surface area (Å²) in [5.74, 6) is -0.669. The van der Waals surface area contributed by atoms with E-state index in [0.29, 0.717) is 17.1 Å². The van der Waals surface area contributed by atoms with E-state index in [1.807, 2.05) is 13.8 Å². The minimum atomic E-state index is -4.58. The molecule has 3 aromatic rings. The third-order valence-electron chi connectivity index (χ3n) is 5.98. The molecule has 3 heterocycles. The molecule has 1 aromatic carbocycles. The maximum Gasteiger partial charge on any atom is 0.390 e. The molecule has 0 saturated carbocycles. The number of halogens is 3. The van der Waals surface area contributed by atoms with Crippen molar-refractivity contribution >= 4 is 21.7 Å². The third kappa shape index (κ3) is 6.10. The number of hydrogen-bond donors (Lipinski definition) is 1. The van der Waals surface area contributed by atoms with E-state index in [0.717, 1.165) is 9.87 Å². The molecule has 1 amide bonds. The first kappa shape index (κ1) is 27.4. The Kier molecular flexibility index (Phi) is 7.69. The summed E-state index contributed by atoms with van der Waals surface area (Å²) in [5.41, 5.74) is 1.83. The van der Waals surface area contributed by atoms with Crippen LogP contribution in [0.25, 0.3) is 11.5 Å². The molecular weight excluding hydrogens is 527 g/mol. The maximum absolute atomic E-state index is 13.2. The average molecular weight is 554 g/mol. The topological polar surface area (TPSA) is 132 Å². The van der Waals surface area contributed by atoms with Crippen LogP contribution in [-0.4, -0.2) is 69.4 Å². The molecule has 0 radical (unpaired) electrons. The summed E-state index contributed by atoms with van der Waals surface area (Å²) < 4.78 is 70.8. The van der Waals surface area contributed by atoms with E-state index in [4.69, 9.17) is 4.74 Å². The molecule has 2 aromatic heterocycles. The number of carbonyl (C=O) groups excluding carboxylic acids is 1. The predicted molar refractivity (Wildman–Crippen MR) is 131 cm³/mol. The smallest absolute Gasteiger partial charge is 0.390 e. The molecule has 4 rings (SSSR count). The minimum absolute atomic E-state index is 0.0170. The summed E-state index contributed by atoms with van der Waals surface area (Å²) in [6.45, 7) is 3.72. The van der Waals surface area contributed by atoms with E-state index in [2.05, 4.69) is 25.8 Å². The Morgan fingerprint density at radius 2 is 1.97 bits per heavy atom. The summed E-state index contributed by atoms with van der Waals surface area (Å²) in [5, 5.41) is 14.3. The Morgan fingerprint density at radius 3 is 2.66 bits per heavy atom. The molecule has 0 bridgehead atoms. The van der Waals surface area contributed by atoms with Crippen LogP contribution < -0.4 is 10.1 Å². The first-order valence-corrected chi connectivity index (χ1v) is 13.3. The highest BCUT2D eigenvalue weighted by Crippen LogP contribution is 2.31. The molecule has 204 valence electrons. The molecule has 0 atom stereocenters. The number of benzene rings is 1. The van der Waals surface area contributed by atoms with E-state index in [-0.39, 0.29) is 42.7 Å². The lowest BCUT2D eigenvalue weighted by Crippen LogP contribution is -2.38. The van der Waals surface area contributed by atoms with Crippen molar-refractivity contribution in [3.63, 3.8) is 0 Å². The van der Waals surface area contributed by atoms with E-state index in [1.165, 1.54) is 13.2 Å². The van der Waals surface area contributed by atoms with Crippen molar-refractivity contribution in [2.24, 2.45) is 0 Å². The molecule has 1 aliphatic heterocycles. The second-order valence-corrected chi connectivity index (χ2v) is 11.1. The van der Waals surface area contributed by atoms with Crippen LogP contribution >= 0.6 is 0 Å². The zero-order chi connectivity index (χ0) is 27.7. The summed E-state index contributed by atoms with van der Waals surface area (Å²) in [6, 6.07) is 8.10. The Morgan fingerprint density at radius 1 is 1.21 bits per heavy atom. The number of pyridine rings is 1. The predicted octanol–water partition coefficient (Wildman–Crippen LogP) is 3.22. The van der Waals surface area contributed by atoms with Crippen LogP contribution in [-0.2, 0) is 23.0 Å². The van der Waals surface area contributed by atoms with Gasteiger partial charge < -0.3 is 10.1 Å². The fraction of sp³-hybridized carbons (Fsp3) is 0.435. The number of nitrogens with one attached hydrogen (secondary N) is 1. The number of sulfonamides is 1. The van der Waals surface area contributed by atoms with Crippen molar-refractivity contribution in [1.82, 2.24) is 29.5 Å².